The largest absolute Gasteiger partial charge is 0.495 e. The highest BCUT2D eigenvalue weighted by Crippen LogP contribution is 2.25. The normalized spacial score (nSPS) is 19.3. The molecule has 2 rings (SSSR count). The molecule has 1 fully saturated rings. The molecule has 2 unspecified atom stereocenters. The minimum atomic E-state index is -1.07. The van der Waals surface area contributed by atoms with E-state index < -0.39 is 17.9 Å². The van der Waals surface area contributed by atoms with Crippen molar-refractivity contribution in [3.05, 3.63) is 28.8 Å². The van der Waals surface area contributed by atoms with Gasteiger partial charge in [-0.2, -0.15) is 0 Å². The number of benzene rings is 1. The maximum atomic E-state index is 12.3. The van der Waals surface area contributed by atoms with E-state index in [0.717, 1.165) is 6.42 Å². The van der Waals surface area contributed by atoms with Crippen LogP contribution in [-0.2, 0) is 9.53 Å². The molecule has 0 aromatic heterocycles. The monoisotopic (exact) mass is 327 g/mol. The first kappa shape index (κ1) is 16.6. The van der Waals surface area contributed by atoms with E-state index in [2.05, 4.69) is 5.32 Å². The molecule has 22 heavy (non-hydrogen) atoms. The number of hydrogen-bond acceptors (Lipinski definition) is 4. The molecule has 1 saturated heterocycles. The lowest BCUT2D eigenvalue weighted by atomic mass is 9.93. The summed E-state index contributed by atoms with van der Waals surface area (Å²) in [7, 11) is 1.45. The minimum Gasteiger partial charge on any atom is -0.495 e. The van der Waals surface area contributed by atoms with Gasteiger partial charge in [0.2, 0.25) is 0 Å². The SMILES string of the molecule is COc1cc(C(=O)NC(C(=O)O)C2CCCOC2)ccc1Cl. The Morgan fingerprint density at radius 1 is 1.50 bits per heavy atom. The molecular formula is C15H18ClNO5. The van der Waals surface area contributed by atoms with Crippen molar-refractivity contribution in [2.75, 3.05) is 20.3 Å². The Kier molecular flexibility index (Phi) is 5.63. The summed E-state index contributed by atoms with van der Waals surface area (Å²) in [5.41, 5.74) is 0.296. The molecule has 0 aliphatic carbocycles. The van der Waals surface area contributed by atoms with Gasteiger partial charge < -0.3 is 19.9 Å². The summed E-state index contributed by atoms with van der Waals surface area (Å²) in [6, 6.07) is 3.56. The topological polar surface area (TPSA) is 84.9 Å². The maximum Gasteiger partial charge on any atom is 0.326 e. The van der Waals surface area contributed by atoms with Gasteiger partial charge in [-0.1, -0.05) is 11.6 Å². The van der Waals surface area contributed by atoms with Crippen LogP contribution in [0.1, 0.15) is 23.2 Å². The second-order valence-electron chi connectivity index (χ2n) is 5.12. The van der Waals surface area contributed by atoms with Gasteiger partial charge in [-0.05, 0) is 31.0 Å². The number of carboxylic acid groups (broad SMARTS) is 1. The number of aliphatic carboxylic acids is 1. The van der Waals surface area contributed by atoms with Gasteiger partial charge in [0.1, 0.15) is 11.8 Å². The fraction of sp³-hybridized carbons (Fsp3) is 0.467. The third-order valence-corrected chi connectivity index (χ3v) is 3.95. The third kappa shape index (κ3) is 3.90. The van der Waals surface area contributed by atoms with Crippen LogP contribution >= 0.6 is 11.6 Å². The van der Waals surface area contributed by atoms with Crippen LogP contribution in [0.15, 0.2) is 18.2 Å². The van der Waals surface area contributed by atoms with E-state index in [0.29, 0.717) is 36.0 Å². The van der Waals surface area contributed by atoms with Crippen LogP contribution in [0.4, 0.5) is 0 Å². The predicted octanol–water partition coefficient (Wildman–Crippen LogP) is 1.96. The van der Waals surface area contributed by atoms with E-state index in [1.807, 2.05) is 0 Å². The molecular weight excluding hydrogens is 310 g/mol. The van der Waals surface area contributed by atoms with Gasteiger partial charge in [0, 0.05) is 18.1 Å². The van der Waals surface area contributed by atoms with Gasteiger partial charge in [-0.3, -0.25) is 4.79 Å². The van der Waals surface area contributed by atoms with Crippen molar-refractivity contribution in [1.29, 1.82) is 0 Å². The highest BCUT2D eigenvalue weighted by Gasteiger charge is 2.31. The van der Waals surface area contributed by atoms with E-state index in [1.54, 1.807) is 0 Å². The summed E-state index contributed by atoms with van der Waals surface area (Å²) >= 11 is 5.91. The standard InChI is InChI=1S/C15H18ClNO5/c1-21-12-7-9(4-5-11(12)16)14(18)17-13(15(19)20)10-3-2-6-22-8-10/h4-5,7,10,13H,2-3,6,8H2,1H3,(H,17,18)(H,19,20). The van der Waals surface area contributed by atoms with Gasteiger partial charge in [-0.25, -0.2) is 4.79 Å². The molecule has 1 aliphatic rings. The second-order valence-corrected chi connectivity index (χ2v) is 5.52. The molecule has 1 amide bonds. The summed E-state index contributed by atoms with van der Waals surface area (Å²) in [5, 5.41) is 12.3. The molecule has 1 aromatic rings. The lowest BCUT2D eigenvalue weighted by Crippen LogP contribution is -2.48. The Morgan fingerprint density at radius 3 is 2.86 bits per heavy atom. The van der Waals surface area contributed by atoms with Gasteiger partial charge in [-0.15, -0.1) is 0 Å². The summed E-state index contributed by atoms with van der Waals surface area (Å²) in [4.78, 5) is 23.7. The molecule has 0 radical (unpaired) electrons. The van der Waals surface area contributed by atoms with Crippen LogP contribution in [0.25, 0.3) is 0 Å². The molecule has 2 atom stereocenters. The van der Waals surface area contributed by atoms with Crippen molar-refractivity contribution in [3.63, 3.8) is 0 Å². The van der Waals surface area contributed by atoms with Crippen molar-refractivity contribution < 1.29 is 24.2 Å². The van der Waals surface area contributed by atoms with Gasteiger partial charge in [0.25, 0.3) is 5.91 Å². The zero-order valence-electron chi connectivity index (χ0n) is 12.2. The van der Waals surface area contributed by atoms with Crippen LogP contribution in [0.2, 0.25) is 5.02 Å². The van der Waals surface area contributed by atoms with Crippen LogP contribution in [0.3, 0.4) is 0 Å². The van der Waals surface area contributed by atoms with E-state index in [4.69, 9.17) is 21.1 Å². The fourth-order valence-corrected chi connectivity index (χ4v) is 2.63. The summed E-state index contributed by atoms with van der Waals surface area (Å²) < 4.78 is 10.4. The molecule has 1 heterocycles. The third-order valence-electron chi connectivity index (χ3n) is 3.63. The molecule has 2 N–H and O–H groups in total. The Bertz CT molecular complexity index is 557. The second kappa shape index (κ2) is 7.47. The summed E-state index contributed by atoms with van der Waals surface area (Å²) in [5.74, 6) is -1.41. The zero-order chi connectivity index (χ0) is 16.1. The van der Waals surface area contributed by atoms with E-state index >= 15 is 0 Å². The zero-order valence-corrected chi connectivity index (χ0v) is 12.9. The predicted molar refractivity (Wildman–Crippen MR) is 80.4 cm³/mol. The maximum absolute atomic E-state index is 12.3. The van der Waals surface area contributed by atoms with Crippen LogP contribution in [0, 0.1) is 5.92 Å². The first-order valence-corrected chi connectivity index (χ1v) is 7.35. The molecule has 7 heteroatoms. The van der Waals surface area contributed by atoms with Gasteiger partial charge in [0.05, 0.1) is 18.7 Å². The quantitative estimate of drug-likeness (QED) is 0.863. The lowest BCUT2D eigenvalue weighted by Gasteiger charge is -2.28. The number of ether oxygens (including phenoxy) is 2. The lowest BCUT2D eigenvalue weighted by molar-refractivity contribution is -0.142. The number of amides is 1. The fourth-order valence-electron chi connectivity index (χ4n) is 2.44. The number of carboxylic acids is 1. The molecule has 1 aliphatic heterocycles. The van der Waals surface area contributed by atoms with Crippen molar-refractivity contribution in [2.24, 2.45) is 5.92 Å². The highest BCUT2D eigenvalue weighted by molar-refractivity contribution is 6.32. The van der Waals surface area contributed by atoms with Crippen molar-refractivity contribution in [1.82, 2.24) is 5.32 Å². The summed E-state index contributed by atoms with van der Waals surface area (Å²) in [6.45, 7) is 0.965. The van der Waals surface area contributed by atoms with Gasteiger partial charge in [0.15, 0.2) is 0 Å². The number of carbonyl (C=O) groups is 2. The van der Waals surface area contributed by atoms with Crippen LogP contribution in [-0.4, -0.2) is 43.3 Å². The number of nitrogens with one attached hydrogen (secondary N) is 1. The molecule has 0 spiro atoms. The van der Waals surface area contributed by atoms with E-state index in [-0.39, 0.29) is 5.92 Å². The average Bonchev–Trinajstić information content (AvgIpc) is 2.53. The van der Waals surface area contributed by atoms with E-state index in [1.165, 1.54) is 25.3 Å². The summed E-state index contributed by atoms with van der Waals surface area (Å²) in [6.07, 6.45) is 1.50. The van der Waals surface area contributed by atoms with Crippen molar-refractivity contribution in [2.45, 2.75) is 18.9 Å². The number of methoxy groups -OCH3 is 1. The average molecular weight is 328 g/mol. The number of halogens is 1. The first-order valence-electron chi connectivity index (χ1n) is 6.98. The first-order chi connectivity index (χ1) is 10.5. The molecule has 120 valence electrons. The van der Waals surface area contributed by atoms with Crippen LogP contribution in [0.5, 0.6) is 5.75 Å². The molecule has 0 bridgehead atoms. The number of carbonyl (C=O) groups excluding carboxylic acids is 1. The Labute approximate surface area is 133 Å². The van der Waals surface area contributed by atoms with Crippen molar-refractivity contribution >= 4 is 23.5 Å². The Balaban J connectivity index is 2.12. The molecule has 0 saturated carbocycles. The molecule has 6 nitrogen and oxygen atoms in total. The Hall–Kier alpha value is -1.79. The minimum absolute atomic E-state index is 0.232. The Morgan fingerprint density at radius 2 is 2.27 bits per heavy atom. The van der Waals surface area contributed by atoms with E-state index in [9.17, 15) is 14.7 Å². The van der Waals surface area contributed by atoms with Crippen molar-refractivity contribution in [3.8, 4) is 5.75 Å². The number of rotatable bonds is 5. The van der Waals surface area contributed by atoms with Crippen LogP contribution < -0.4 is 10.1 Å². The van der Waals surface area contributed by atoms with Gasteiger partial charge >= 0.3 is 5.97 Å². The number of hydrogen-bond donors (Lipinski definition) is 2. The highest BCUT2D eigenvalue weighted by atomic mass is 35.5. The smallest absolute Gasteiger partial charge is 0.326 e. The molecule has 1 aromatic carbocycles.